The molecule has 1 amide bonds. The number of rotatable bonds is 7. The van der Waals surface area contributed by atoms with Gasteiger partial charge in [0.15, 0.2) is 12.4 Å². The van der Waals surface area contributed by atoms with Crippen LogP contribution in [0.1, 0.15) is 26.5 Å². The molecule has 0 saturated carbocycles. The SMILES string of the molecule is COc1ccc(OCC(=O)Nc2cc(C(C)(C)C)nn2-c2ccccc2)c([N+](=O)[O-])c1. The maximum Gasteiger partial charge on any atom is 0.314 e. The number of nitro groups is 1. The van der Waals surface area contributed by atoms with Crippen LogP contribution in [0, 0.1) is 10.1 Å². The Morgan fingerprint density at radius 2 is 1.87 bits per heavy atom. The Morgan fingerprint density at radius 1 is 1.16 bits per heavy atom. The fourth-order valence-corrected chi connectivity index (χ4v) is 2.81. The minimum atomic E-state index is -0.587. The van der Waals surface area contributed by atoms with Crippen LogP contribution in [-0.4, -0.2) is 34.3 Å². The highest BCUT2D eigenvalue weighted by molar-refractivity contribution is 5.91. The summed E-state index contributed by atoms with van der Waals surface area (Å²) in [5.41, 5.74) is 1.09. The average Bonchev–Trinajstić information content (AvgIpc) is 3.17. The predicted octanol–water partition coefficient (Wildman–Crippen LogP) is 4.10. The van der Waals surface area contributed by atoms with Gasteiger partial charge in [-0.3, -0.25) is 14.9 Å². The van der Waals surface area contributed by atoms with E-state index < -0.39 is 17.4 Å². The molecular formula is C22H24N4O5. The van der Waals surface area contributed by atoms with Crippen LogP contribution in [0.25, 0.3) is 5.69 Å². The number of hydrogen-bond donors (Lipinski definition) is 1. The Bertz CT molecular complexity index is 1090. The van der Waals surface area contributed by atoms with E-state index >= 15 is 0 Å². The van der Waals surface area contributed by atoms with Crippen LogP contribution < -0.4 is 14.8 Å². The lowest BCUT2D eigenvalue weighted by Crippen LogP contribution is -2.22. The largest absolute Gasteiger partial charge is 0.496 e. The normalized spacial score (nSPS) is 11.1. The van der Waals surface area contributed by atoms with Crippen LogP contribution in [-0.2, 0) is 10.2 Å². The molecule has 0 fully saturated rings. The Balaban J connectivity index is 1.80. The molecular weight excluding hydrogens is 400 g/mol. The number of carbonyl (C=O) groups excluding carboxylic acids is 1. The number of aromatic nitrogens is 2. The molecule has 9 heteroatoms. The van der Waals surface area contributed by atoms with E-state index in [-0.39, 0.29) is 16.9 Å². The van der Waals surface area contributed by atoms with Crippen LogP contribution in [0.2, 0.25) is 0 Å². The van der Waals surface area contributed by atoms with Crippen LogP contribution in [0.15, 0.2) is 54.6 Å². The van der Waals surface area contributed by atoms with E-state index in [0.29, 0.717) is 11.6 Å². The molecule has 0 aliphatic rings. The van der Waals surface area contributed by atoms with E-state index in [4.69, 9.17) is 9.47 Å². The predicted molar refractivity (Wildman–Crippen MR) is 116 cm³/mol. The van der Waals surface area contributed by atoms with Crippen molar-refractivity contribution >= 4 is 17.4 Å². The second-order valence-electron chi connectivity index (χ2n) is 7.84. The van der Waals surface area contributed by atoms with Gasteiger partial charge in [0, 0.05) is 11.5 Å². The molecule has 3 aromatic rings. The smallest absolute Gasteiger partial charge is 0.314 e. The Hall–Kier alpha value is -3.88. The number of carbonyl (C=O) groups is 1. The topological polar surface area (TPSA) is 109 Å². The van der Waals surface area contributed by atoms with Crippen LogP contribution in [0.5, 0.6) is 11.5 Å². The van der Waals surface area contributed by atoms with Crippen LogP contribution >= 0.6 is 0 Å². The van der Waals surface area contributed by atoms with Gasteiger partial charge in [0.25, 0.3) is 5.91 Å². The molecule has 9 nitrogen and oxygen atoms in total. The molecule has 1 heterocycles. The number of anilines is 1. The molecule has 162 valence electrons. The minimum absolute atomic E-state index is 0.0205. The van der Waals surface area contributed by atoms with E-state index in [1.807, 2.05) is 51.1 Å². The number of nitrogens with one attached hydrogen (secondary N) is 1. The lowest BCUT2D eigenvalue weighted by molar-refractivity contribution is -0.385. The van der Waals surface area contributed by atoms with Gasteiger partial charge >= 0.3 is 5.69 Å². The summed E-state index contributed by atoms with van der Waals surface area (Å²) in [6, 6.07) is 15.4. The first-order chi connectivity index (χ1) is 14.7. The summed E-state index contributed by atoms with van der Waals surface area (Å²) in [7, 11) is 1.41. The van der Waals surface area contributed by atoms with Crippen LogP contribution in [0.3, 0.4) is 0 Å². The lowest BCUT2D eigenvalue weighted by Gasteiger charge is -2.14. The van der Waals surface area contributed by atoms with Crippen molar-refractivity contribution in [3.63, 3.8) is 0 Å². The third-order valence-electron chi connectivity index (χ3n) is 4.47. The van der Waals surface area contributed by atoms with Crippen LogP contribution in [0.4, 0.5) is 11.5 Å². The molecule has 3 rings (SSSR count). The summed E-state index contributed by atoms with van der Waals surface area (Å²) in [6.07, 6.45) is 0. The Labute approximate surface area is 179 Å². The van der Waals surface area contributed by atoms with Crippen molar-refractivity contribution in [2.24, 2.45) is 0 Å². The van der Waals surface area contributed by atoms with Gasteiger partial charge in [-0.05, 0) is 24.3 Å². The van der Waals surface area contributed by atoms with Crippen molar-refractivity contribution in [1.82, 2.24) is 9.78 Å². The van der Waals surface area contributed by atoms with Gasteiger partial charge in [0.1, 0.15) is 11.6 Å². The number of para-hydroxylation sites is 1. The molecule has 31 heavy (non-hydrogen) atoms. The molecule has 0 bridgehead atoms. The Morgan fingerprint density at radius 3 is 2.48 bits per heavy atom. The first-order valence-electron chi connectivity index (χ1n) is 9.60. The molecule has 1 N–H and O–H groups in total. The van der Waals surface area contributed by atoms with Gasteiger partial charge in [-0.2, -0.15) is 5.10 Å². The lowest BCUT2D eigenvalue weighted by atomic mass is 9.92. The fourth-order valence-electron chi connectivity index (χ4n) is 2.81. The maximum absolute atomic E-state index is 12.6. The number of nitrogens with zero attached hydrogens (tertiary/aromatic N) is 3. The zero-order valence-corrected chi connectivity index (χ0v) is 17.8. The molecule has 0 radical (unpaired) electrons. The number of ether oxygens (including phenoxy) is 2. The third kappa shape index (κ3) is 5.19. The molecule has 0 aliphatic heterocycles. The number of methoxy groups -OCH3 is 1. The summed E-state index contributed by atoms with van der Waals surface area (Å²) in [4.78, 5) is 23.3. The molecule has 0 aliphatic carbocycles. The van der Waals surface area contributed by atoms with E-state index in [2.05, 4.69) is 10.4 Å². The van der Waals surface area contributed by atoms with E-state index in [1.54, 1.807) is 10.7 Å². The van der Waals surface area contributed by atoms with Gasteiger partial charge in [0.05, 0.1) is 29.5 Å². The summed E-state index contributed by atoms with van der Waals surface area (Å²) < 4.78 is 12.1. The second-order valence-corrected chi connectivity index (χ2v) is 7.84. The van der Waals surface area contributed by atoms with Crippen molar-refractivity contribution in [2.75, 3.05) is 19.0 Å². The molecule has 0 atom stereocenters. The van der Waals surface area contributed by atoms with Gasteiger partial charge < -0.3 is 14.8 Å². The first kappa shape index (κ1) is 21.8. The monoisotopic (exact) mass is 424 g/mol. The summed E-state index contributed by atoms with van der Waals surface area (Å²) >= 11 is 0. The highest BCUT2D eigenvalue weighted by Gasteiger charge is 2.22. The molecule has 0 spiro atoms. The van der Waals surface area contributed by atoms with E-state index in [9.17, 15) is 14.9 Å². The standard InChI is InChI=1S/C22H24N4O5/c1-22(2,3)19-13-20(25(24-19)15-8-6-5-7-9-15)23-21(27)14-31-18-11-10-16(30-4)12-17(18)26(28)29/h5-13H,14H2,1-4H3,(H,23,27). The van der Waals surface area contributed by atoms with Crippen molar-refractivity contribution < 1.29 is 19.2 Å². The molecule has 0 unspecified atom stereocenters. The minimum Gasteiger partial charge on any atom is -0.496 e. The van der Waals surface area contributed by atoms with Gasteiger partial charge in [0.2, 0.25) is 0 Å². The fraction of sp³-hybridized carbons (Fsp3) is 0.273. The van der Waals surface area contributed by atoms with E-state index in [1.165, 1.54) is 25.3 Å². The zero-order valence-electron chi connectivity index (χ0n) is 17.8. The van der Waals surface area contributed by atoms with Crippen molar-refractivity contribution in [3.05, 3.63) is 70.4 Å². The van der Waals surface area contributed by atoms with Gasteiger partial charge in [-0.25, -0.2) is 4.68 Å². The molecule has 2 aromatic carbocycles. The van der Waals surface area contributed by atoms with Gasteiger partial charge in [-0.1, -0.05) is 39.0 Å². The Kier molecular flexibility index (Phi) is 6.24. The third-order valence-corrected chi connectivity index (χ3v) is 4.47. The number of hydrogen-bond acceptors (Lipinski definition) is 6. The molecule has 0 saturated heterocycles. The summed E-state index contributed by atoms with van der Waals surface area (Å²) in [5, 5.41) is 18.7. The molecule has 1 aromatic heterocycles. The van der Waals surface area contributed by atoms with E-state index in [0.717, 1.165) is 11.4 Å². The van der Waals surface area contributed by atoms with Crippen molar-refractivity contribution in [3.8, 4) is 17.2 Å². The second kappa shape index (κ2) is 8.86. The van der Waals surface area contributed by atoms with Gasteiger partial charge in [-0.15, -0.1) is 0 Å². The summed E-state index contributed by atoms with van der Waals surface area (Å²) in [6.45, 7) is 5.69. The number of nitro benzene ring substituents is 1. The maximum atomic E-state index is 12.6. The van der Waals surface area contributed by atoms with Crippen molar-refractivity contribution in [2.45, 2.75) is 26.2 Å². The average molecular weight is 424 g/mol. The number of benzene rings is 2. The quantitative estimate of drug-likeness (QED) is 0.452. The first-order valence-corrected chi connectivity index (χ1v) is 9.60. The number of amides is 1. The zero-order chi connectivity index (χ0) is 22.6. The highest BCUT2D eigenvalue weighted by atomic mass is 16.6. The summed E-state index contributed by atoms with van der Waals surface area (Å²) in [5.74, 6) is 0.314. The highest BCUT2D eigenvalue weighted by Crippen LogP contribution is 2.31. The van der Waals surface area contributed by atoms with Crippen molar-refractivity contribution in [1.29, 1.82) is 0 Å².